The summed E-state index contributed by atoms with van der Waals surface area (Å²) in [7, 11) is -2.94. The van der Waals surface area contributed by atoms with Crippen molar-refractivity contribution in [3.8, 4) is 0 Å². The highest BCUT2D eigenvalue weighted by Crippen LogP contribution is 2.19. The number of nitrogens with zero attached hydrogens (tertiary/aromatic N) is 1. The summed E-state index contributed by atoms with van der Waals surface area (Å²) in [5, 5.41) is 0. The van der Waals surface area contributed by atoms with Crippen LogP contribution in [0.15, 0.2) is 0 Å². The molecule has 1 rings (SSSR count). The highest BCUT2D eigenvalue weighted by atomic mass is 35.5. The van der Waals surface area contributed by atoms with Gasteiger partial charge in [-0.3, -0.25) is 4.79 Å². The third-order valence-corrected chi connectivity index (χ3v) is 5.14. The van der Waals surface area contributed by atoms with Crippen LogP contribution in [-0.2, 0) is 14.6 Å². The van der Waals surface area contributed by atoms with Gasteiger partial charge in [-0.15, -0.1) is 11.6 Å². The molecule has 1 heterocycles. The molecule has 1 aliphatic rings. The molecule has 0 aromatic rings. The van der Waals surface area contributed by atoms with Crippen molar-refractivity contribution in [2.45, 2.75) is 26.3 Å². The lowest BCUT2D eigenvalue weighted by Gasteiger charge is -2.29. The lowest BCUT2D eigenvalue weighted by molar-refractivity contribution is -0.135. The minimum absolute atomic E-state index is 0.0420. The van der Waals surface area contributed by atoms with E-state index in [1.54, 1.807) is 11.8 Å². The topological polar surface area (TPSA) is 54.5 Å². The zero-order valence-corrected chi connectivity index (χ0v) is 11.2. The molecule has 0 aromatic carbocycles. The molecule has 2 unspecified atom stereocenters. The van der Waals surface area contributed by atoms with Crippen molar-refractivity contribution in [3.63, 3.8) is 0 Å². The number of hydrogen-bond acceptors (Lipinski definition) is 3. The SMILES string of the molecule is CCN(C(=O)C(C)CCl)C1CCS(=O)(=O)C1. The summed E-state index contributed by atoms with van der Waals surface area (Å²) in [5.74, 6) is 0.275. The maximum atomic E-state index is 12.0. The van der Waals surface area contributed by atoms with Crippen LogP contribution in [0, 0.1) is 5.92 Å². The molecule has 0 aliphatic carbocycles. The standard InChI is InChI=1S/C10H18ClNO3S/c1-3-12(10(13)8(2)6-11)9-4-5-16(14,15)7-9/h8-9H,3-7H2,1-2H3. The molecule has 2 atom stereocenters. The van der Waals surface area contributed by atoms with E-state index in [2.05, 4.69) is 0 Å². The van der Waals surface area contributed by atoms with Gasteiger partial charge < -0.3 is 4.90 Å². The summed E-state index contributed by atoms with van der Waals surface area (Å²) in [6.07, 6.45) is 0.552. The van der Waals surface area contributed by atoms with Crippen molar-refractivity contribution in [2.75, 3.05) is 23.9 Å². The van der Waals surface area contributed by atoms with E-state index in [1.165, 1.54) is 0 Å². The Morgan fingerprint density at radius 1 is 1.56 bits per heavy atom. The lowest BCUT2D eigenvalue weighted by atomic mass is 10.1. The van der Waals surface area contributed by atoms with Crippen molar-refractivity contribution in [2.24, 2.45) is 5.92 Å². The van der Waals surface area contributed by atoms with Gasteiger partial charge in [-0.1, -0.05) is 6.92 Å². The molecule has 0 spiro atoms. The summed E-state index contributed by atoms with van der Waals surface area (Å²) in [6, 6.07) is -0.159. The molecule has 0 bridgehead atoms. The fraction of sp³-hybridized carbons (Fsp3) is 0.900. The van der Waals surface area contributed by atoms with Crippen LogP contribution in [0.3, 0.4) is 0 Å². The van der Waals surface area contributed by atoms with Crippen LogP contribution in [0.25, 0.3) is 0 Å². The van der Waals surface area contributed by atoms with E-state index in [0.29, 0.717) is 13.0 Å². The third-order valence-electron chi connectivity index (χ3n) is 2.93. The first kappa shape index (κ1) is 13.8. The number of rotatable bonds is 4. The Morgan fingerprint density at radius 3 is 2.56 bits per heavy atom. The van der Waals surface area contributed by atoms with E-state index < -0.39 is 9.84 Å². The van der Waals surface area contributed by atoms with Gasteiger partial charge in [0, 0.05) is 24.4 Å². The van der Waals surface area contributed by atoms with Crippen LogP contribution in [0.2, 0.25) is 0 Å². The zero-order valence-electron chi connectivity index (χ0n) is 9.65. The minimum atomic E-state index is -2.94. The quantitative estimate of drug-likeness (QED) is 0.711. The zero-order chi connectivity index (χ0) is 12.3. The smallest absolute Gasteiger partial charge is 0.226 e. The van der Waals surface area contributed by atoms with Gasteiger partial charge >= 0.3 is 0 Å². The van der Waals surface area contributed by atoms with Crippen LogP contribution in [0.5, 0.6) is 0 Å². The lowest BCUT2D eigenvalue weighted by Crippen LogP contribution is -2.43. The molecule has 0 aromatic heterocycles. The number of carbonyl (C=O) groups is 1. The number of hydrogen-bond donors (Lipinski definition) is 0. The summed E-state index contributed by atoms with van der Waals surface area (Å²) < 4.78 is 22.7. The second kappa shape index (κ2) is 5.36. The second-order valence-electron chi connectivity index (χ2n) is 4.24. The average Bonchev–Trinajstić information content (AvgIpc) is 2.58. The first-order valence-corrected chi connectivity index (χ1v) is 7.83. The molecule has 4 nitrogen and oxygen atoms in total. The van der Waals surface area contributed by atoms with Gasteiger partial charge in [0.2, 0.25) is 5.91 Å². The summed E-state index contributed by atoms with van der Waals surface area (Å²) in [5.41, 5.74) is 0. The second-order valence-corrected chi connectivity index (χ2v) is 6.77. The first-order chi connectivity index (χ1) is 7.41. The maximum absolute atomic E-state index is 12.0. The molecule has 1 aliphatic heterocycles. The molecule has 1 amide bonds. The molecular weight excluding hydrogens is 250 g/mol. The Bertz CT molecular complexity index is 355. The molecule has 16 heavy (non-hydrogen) atoms. The molecular formula is C10H18ClNO3S. The largest absolute Gasteiger partial charge is 0.339 e. The molecule has 1 fully saturated rings. The molecule has 6 heteroatoms. The fourth-order valence-electron chi connectivity index (χ4n) is 1.96. The van der Waals surface area contributed by atoms with E-state index in [0.717, 1.165) is 0 Å². The highest BCUT2D eigenvalue weighted by Gasteiger charge is 2.34. The average molecular weight is 268 g/mol. The number of carbonyl (C=O) groups excluding carboxylic acids is 1. The van der Waals surface area contributed by atoms with Crippen molar-refractivity contribution in [3.05, 3.63) is 0 Å². The van der Waals surface area contributed by atoms with Gasteiger partial charge in [-0.2, -0.15) is 0 Å². The molecule has 0 radical (unpaired) electrons. The van der Waals surface area contributed by atoms with Crippen molar-refractivity contribution < 1.29 is 13.2 Å². The van der Waals surface area contributed by atoms with Crippen LogP contribution in [0.4, 0.5) is 0 Å². The van der Waals surface area contributed by atoms with Crippen LogP contribution in [0.1, 0.15) is 20.3 Å². The van der Waals surface area contributed by atoms with E-state index in [9.17, 15) is 13.2 Å². The number of alkyl halides is 1. The van der Waals surface area contributed by atoms with E-state index in [4.69, 9.17) is 11.6 Å². The Hall–Kier alpha value is -0.290. The van der Waals surface area contributed by atoms with Crippen molar-refractivity contribution >= 4 is 27.3 Å². The Morgan fingerprint density at radius 2 is 2.19 bits per heavy atom. The Labute approximate surface area is 102 Å². The summed E-state index contributed by atoms with van der Waals surface area (Å²) >= 11 is 5.64. The van der Waals surface area contributed by atoms with Crippen LogP contribution >= 0.6 is 11.6 Å². The predicted octanol–water partition coefficient (Wildman–Crippen LogP) is 0.897. The van der Waals surface area contributed by atoms with Crippen molar-refractivity contribution in [1.29, 1.82) is 0 Å². The summed E-state index contributed by atoms with van der Waals surface area (Å²) in [6.45, 7) is 4.17. The van der Waals surface area contributed by atoms with E-state index >= 15 is 0 Å². The number of amides is 1. The van der Waals surface area contributed by atoms with Gasteiger partial charge in [0.25, 0.3) is 0 Å². The van der Waals surface area contributed by atoms with E-state index in [1.807, 2.05) is 6.92 Å². The predicted molar refractivity (Wildman–Crippen MR) is 64.3 cm³/mol. The van der Waals surface area contributed by atoms with Gasteiger partial charge in [0.05, 0.1) is 11.5 Å². The molecule has 0 saturated carbocycles. The van der Waals surface area contributed by atoms with E-state index in [-0.39, 0.29) is 35.3 Å². The number of sulfone groups is 1. The minimum Gasteiger partial charge on any atom is -0.339 e. The van der Waals surface area contributed by atoms with Crippen LogP contribution < -0.4 is 0 Å². The molecule has 0 N–H and O–H groups in total. The Kier molecular flexibility index (Phi) is 4.62. The third kappa shape index (κ3) is 3.10. The number of halogens is 1. The monoisotopic (exact) mass is 267 g/mol. The first-order valence-electron chi connectivity index (χ1n) is 5.48. The van der Waals surface area contributed by atoms with Gasteiger partial charge in [-0.05, 0) is 13.3 Å². The maximum Gasteiger partial charge on any atom is 0.226 e. The van der Waals surface area contributed by atoms with Crippen molar-refractivity contribution in [1.82, 2.24) is 4.90 Å². The molecule has 94 valence electrons. The fourth-order valence-corrected chi connectivity index (χ4v) is 3.83. The van der Waals surface area contributed by atoms with Crippen LogP contribution in [-0.4, -0.2) is 49.2 Å². The van der Waals surface area contributed by atoms with Gasteiger partial charge in [0.15, 0.2) is 9.84 Å². The van der Waals surface area contributed by atoms with Gasteiger partial charge in [-0.25, -0.2) is 8.42 Å². The Balaban J connectivity index is 2.73. The van der Waals surface area contributed by atoms with Gasteiger partial charge in [0.1, 0.15) is 0 Å². The summed E-state index contributed by atoms with van der Waals surface area (Å²) in [4.78, 5) is 13.6. The highest BCUT2D eigenvalue weighted by molar-refractivity contribution is 7.91. The molecule has 1 saturated heterocycles. The normalized spacial score (nSPS) is 25.3.